The number of hydrogen-bond donors (Lipinski definition) is 4. The van der Waals surface area contributed by atoms with E-state index in [-0.39, 0.29) is 0 Å². The fraction of sp³-hybridized carbons (Fsp3) is 0.800. The van der Waals surface area contributed by atoms with Crippen molar-refractivity contribution in [2.75, 3.05) is 13.2 Å². The van der Waals surface area contributed by atoms with Crippen molar-refractivity contribution in [1.82, 2.24) is 0 Å². The van der Waals surface area contributed by atoms with Crippen LogP contribution < -0.4 is 5.73 Å². The van der Waals surface area contributed by atoms with E-state index in [0.29, 0.717) is 0 Å². The largest absolute Gasteiger partial charge is 0.394 e. The molecule has 0 spiro atoms. The molecule has 5 heteroatoms. The van der Waals surface area contributed by atoms with Crippen LogP contribution in [-0.2, 0) is 4.79 Å². The average Bonchev–Trinajstić information content (AvgIpc) is 2.00. The van der Waals surface area contributed by atoms with E-state index < -0.39 is 31.1 Å². The van der Waals surface area contributed by atoms with Gasteiger partial charge < -0.3 is 21.1 Å². The molecule has 0 radical (unpaired) electrons. The summed E-state index contributed by atoms with van der Waals surface area (Å²) in [6, 6.07) is -1.10. The summed E-state index contributed by atoms with van der Waals surface area (Å²) >= 11 is 0. The number of carbonyl (C=O) groups excluding carboxylic acids is 1. The van der Waals surface area contributed by atoms with Crippen LogP contribution in [0.25, 0.3) is 0 Å². The van der Waals surface area contributed by atoms with Crippen molar-refractivity contribution in [3.05, 3.63) is 0 Å². The van der Waals surface area contributed by atoms with E-state index in [4.69, 9.17) is 21.1 Å². The van der Waals surface area contributed by atoms with Crippen LogP contribution in [0.4, 0.5) is 0 Å². The molecule has 0 aliphatic heterocycles. The van der Waals surface area contributed by atoms with Gasteiger partial charge >= 0.3 is 0 Å². The van der Waals surface area contributed by atoms with Gasteiger partial charge in [0, 0.05) is 0 Å². The molecule has 2 atom stereocenters. The van der Waals surface area contributed by atoms with E-state index in [2.05, 4.69) is 0 Å². The van der Waals surface area contributed by atoms with Crippen molar-refractivity contribution in [3.8, 4) is 0 Å². The van der Waals surface area contributed by atoms with Crippen molar-refractivity contribution >= 4 is 5.78 Å². The minimum absolute atomic E-state index is 0.518. The number of Topliss-reactive ketones (excluding diaryl/α,β-unsaturated/α-hetero) is 1. The Hall–Kier alpha value is -0.490. The van der Waals surface area contributed by atoms with Gasteiger partial charge in [0.15, 0.2) is 5.78 Å². The molecule has 0 rings (SSSR count). The number of nitrogens with two attached hydrogens (primary N) is 1. The van der Waals surface area contributed by atoms with Gasteiger partial charge in [0.05, 0.1) is 19.3 Å². The molecule has 0 aromatic heterocycles. The second-order valence-electron chi connectivity index (χ2n) is 1.89. The first-order valence-corrected chi connectivity index (χ1v) is 2.82. The van der Waals surface area contributed by atoms with E-state index in [9.17, 15) is 4.79 Å². The van der Waals surface area contributed by atoms with Gasteiger partial charge in [0.2, 0.25) is 0 Å². The summed E-state index contributed by atoms with van der Waals surface area (Å²) in [5, 5.41) is 25.2. The number of aliphatic hydroxyl groups is 3. The standard InChI is InChI=1S/C5H11NO4/c6-3(1-7)5(10)4(9)2-8/h3-4,7-9H,1-2,6H2/t3-,4-/m1/s1. The van der Waals surface area contributed by atoms with Crippen LogP contribution >= 0.6 is 0 Å². The average molecular weight is 149 g/mol. The summed E-state index contributed by atoms with van der Waals surface area (Å²) in [5.41, 5.74) is 5.02. The summed E-state index contributed by atoms with van der Waals surface area (Å²) in [6.07, 6.45) is -1.47. The smallest absolute Gasteiger partial charge is 0.182 e. The van der Waals surface area contributed by atoms with Gasteiger partial charge in [-0.1, -0.05) is 0 Å². The summed E-state index contributed by atoms with van der Waals surface area (Å²) in [5.74, 6) is -0.745. The number of rotatable bonds is 4. The van der Waals surface area contributed by atoms with E-state index in [0.717, 1.165) is 0 Å². The van der Waals surface area contributed by atoms with Crippen LogP contribution in [0.1, 0.15) is 0 Å². The van der Waals surface area contributed by atoms with Gasteiger partial charge in [-0.25, -0.2) is 0 Å². The lowest BCUT2D eigenvalue weighted by atomic mass is 10.1. The first-order valence-electron chi connectivity index (χ1n) is 2.82. The normalized spacial score (nSPS) is 16.4. The summed E-state index contributed by atoms with van der Waals surface area (Å²) in [4.78, 5) is 10.6. The molecule has 0 saturated heterocycles. The molecule has 5 nitrogen and oxygen atoms in total. The van der Waals surface area contributed by atoms with Crippen molar-refractivity contribution in [2.45, 2.75) is 12.1 Å². The second-order valence-corrected chi connectivity index (χ2v) is 1.89. The molecule has 0 amide bonds. The Labute approximate surface area is 58.1 Å². The van der Waals surface area contributed by atoms with Crippen LogP contribution in [0, 0.1) is 0 Å². The van der Waals surface area contributed by atoms with Crippen molar-refractivity contribution in [2.24, 2.45) is 5.73 Å². The molecule has 0 heterocycles. The summed E-state index contributed by atoms with van der Waals surface area (Å²) < 4.78 is 0. The van der Waals surface area contributed by atoms with Crippen LogP contribution in [0.5, 0.6) is 0 Å². The molecule has 5 N–H and O–H groups in total. The molecule has 60 valence electrons. The lowest BCUT2D eigenvalue weighted by Crippen LogP contribution is -2.42. The Bertz CT molecular complexity index is 104. The third-order valence-corrected chi connectivity index (χ3v) is 1.06. The van der Waals surface area contributed by atoms with E-state index in [1.807, 2.05) is 0 Å². The van der Waals surface area contributed by atoms with Crippen molar-refractivity contribution in [1.29, 1.82) is 0 Å². The highest BCUT2D eigenvalue weighted by molar-refractivity contribution is 5.87. The van der Waals surface area contributed by atoms with Gasteiger partial charge in [0.25, 0.3) is 0 Å². The minimum atomic E-state index is -1.47. The monoisotopic (exact) mass is 149 g/mol. The van der Waals surface area contributed by atoms with Gasteiger partial charge in [-0.3, -0.25) is 4.79 Å². The van der Waals surface area contributed by atoms with Crippen LogP contribution in [-0.4, -0.2) is 46.5 Å². The first-order chi connectivity index (χ1) is 4.63. The predicted octanol–water partition coefficient (Wildman–Crippen LogP) is -2.77. The molecule has 10 heavy (non-hydrogen) atoms. The zero-order valence-electron chi connectivity index (χ0n) is 5.40. The SMILES string of the molecule is N[C@H](CO)C(=O)[C@H](O)CO. The van der Waals surface area contributed by atoms with Gasteiger partial charge in [-0.2, -0.15) is 0 Å². The number of aliphatic hydroxyl groups excluding tert-OH is 3. The Kier molecular flexibility index (Phi) is 4.13. The topological polar surface area (TPSA) is 104 Å². The van der Waals surface area contributed by atoms with Crippen LogP contribution in [0.2, 0.25) is 0 Å². The number of hydrogen-bond acceptors (Lipinski definition) is 5. The third-order valence-electron chi connectivity index (χ3n) is 1.06. The number of ketones is 1. The molecule has 0 aliphatic carbocycles. The van der Waals surface area contributed by atoms with E-state index in [1.165, 1.54) is 0 Å². The van der Waals surface area contributed by atoms with E-state index >= 15 is 0 Å². The second kappa shape index (κ2) is 4.35. The zero-order chi connectivity index (χ0) is 8.15. The highest BCUT2D eigenvalue weighted by atomic mass is 16.3. The zero-order valence-corrected chi connectivity index (χ0v) is 5.40. The Morgan fingerprint density at radius 3 is 2.20 bits per heavy atom. The Morgan fingerprint density at radius 2 is 1.90 bits per heavy atom. The molecule has 0 aromatic carbocycles. The lowest BCUT2D eigenvalue weighted by molar-refractivity contribution is -0.131. The fourth-order valence-electron chi connectivity index (χ4n) is 0.427. The highest BCUT2D eigenvalue weighted by Crippen LogP contribution is 1.88. The summed E-state index contributed by atoms with van der Waals surface area (Å²) in [6.45, 7) is -1.18. The summed E-state index contributed by atoms with van der Waals surface area (Å²) in [7, 11) is 0. The molecular weight excluding hydrogens is 138 g/mol. The third kappa shape index (κ3) is 2.40. The fourth-order valence-corrected chi connectivity index (χ4v) is 0.427. The maximum atomic E-state index is 10.6. The van der Waals surface area contributed by atoms with Crippen LogP contribution in [0.3, 0.4) is 0 Å². The van der Waals surface area contributed by atoms with Gasteiger partial charge in [0.1, 0.15) is 6.10 Å². The first kappa shape index (κ1) is 9.51. The van der Waals surface area contributed by atoms with Crippen LogP contribution in [0.15, 0.2) is 0 Å². The Morgan fingerprint density at radius 1 is 1.40 bits per heavy atom. The molecule has 0 saturated carbocycles. The van der Waals surface area contributed by atoms with E-state index in [1.54, 1.807) is 0 Å². The predicted molar refractivity (Wildman–Crippen MR) is 33.2 cm³/mol. The van der Waals surface area contributed by atoms with Crippen molar-refractivity contribution in [3.63, 3.8) is 0 Å². The number of carbonyl (C=O) groups is 1. The molecule has 0 aromatic rings. The highest BCUT2D eigenvalue weighted by Gasteiger charge is 2.20. The van der Waals surface area contributed by atoms with Gasteiger partial charge in [-0.15, -0.1) is 0 Å². The minimum Gasteiger partial charge on any atom is -0.394 e. The quantitative estimate of drug-likeness (QED) is 0.346. The molecule has 0 bridgehead atoms. The molecule has 0 fully saturated rings. The Balaban J connectivity index is 3.82. The maximum absolute atomic E-state index is 10.6. The molecule has 0 unspecified atom stereocenters. The lowest BCUT2D eigenvalue weighted by Gasteiger charge is -2.09. The molecule has 0 aliphatic rings. The van der Waals surface area contributed by atoms with Gasteiger partial charge in [-0.05, 0) is 0 Å². The maximum Gasteiger partial charge on any atom is 0.182 e. The molecular formula is C5H11NO4. The van der Waals surface area contributed by atoms with Crippen molar-refractivity contribution < 1.29 is 20.1 Å².